The average Bonchev–Trinajstić information content (AvgIpc) is 2.68. The lowest BCUT2D eigenvalue weighted by Crippen LogP contribution is -2.03. The third kappa shape index (κ3) is 2.52. The maximum atomic E-state index is 5.68. The number of aromatic nitrogens is 4. The summed E-state index contributed by atoms with van der Waals surface area (Å²) in [6.45, 7) is 4.55. The van der Waals surface area contributed by atoms with E-state index >= 15 is 0 Å². The Labute approximate surface area is 99.4 Å². The number of rotatable bonds is 4. The minimum atomic E-state index is 0.492. The molecule has 0 aliphatic carbocycles. The Morgan fingerprint density at radius 2 is 2.24 bits per heavy atom. The summed E-state index contributed by atoms with van der Waals surface area (Å²) in [5.74, 6) is 1.58. The molecule has 0 amide bonds. The quantitative estimate of drug-likeness (QED) is 0.862. The summed E-state index contributed by atoms with van der Waals surface area (Å²) in [6.07, 6.45) is 5.94. The van der Waals surface area contributed by atoms with Gasteiger partial charge in [0.25, 0.3) is 0 Å². The fourth-order valence-electron chi connectivity index (χ4n) is 1.32. The van der Waals surface area contributed by atoms with Crippen molar-refractivity contribution in [3.8, 4) is 11.7 Å². The Balaban J connectivity index is 2.26. The smallest absolute Gasteiger partial charge is 0.234 e. The summed E-state index contributed by atoms with van der Waals surface area (Å²) in [7, 11) is 0. The molecular formula is C11H15N5O. The van der Waals surface area contributed by atoms with Crippen molar-refractivity contribution in [2.45, 2.75) is 20.3 Å². The zero-order valence-electron chi connectivity index (χ0n) is 9.92. The molecule has 90 valence electrons. The van der Waals surface area contributed by atoms with E-state index < -0.39 is 0 Å². The molecule has 0 radical (unpaired) electrons. The molecule has 0 aromatic carbocycles. The molecule has 0 fully saturated rings. The van der Waals surface area contributed by atoms with Gasteiger partial charge in [0.1, 0.15) is 5.82 Å². The van der Waals surface area contributed by atoms with Crippen LogP contribution in [0.3, 0.4) is 0 Å². The van der Waals surface area contributed by atoms with Crippen LogP contribution in [0.15, 0.2) is 18.6 Å². The van der Waals surface area contributed by atoms with Crippen LogP contribution in [-0.4, -0.2) is 26.4 Å². The standard InChI is InChI=1S/C11H15N5O/c1-3-4-17-10-6-13-5-9(14-10)16-7-8(2)11(12)15-16/h5-7H,3-4H2,1-2H3,(H2,12,15). The van der Waals surface area contributed by atoms with E-state index in [0.29, 0.717) is 24.1 Å². The highest BCUT2D eigenvalue weighted by Crippen LogP contribution is 2.13. The fourth-order valence-corrected chi connectivity index (χ4v) is 1.32. The fraction of sp³-hybridized carbons (Fsp3) is 0.364. The van der Waals surface area contributed by atoms with Crippen LogP contribution < -0.4 is 10.5 Å². The normalized spacial score (nSPS) is 10.5. The number of hydrogen-bond donors (Lipinski definition) is 1. The second kappa shape index (κ2) is 4.82. The maximum absolute atomic E-state index is 5.68. The highest BCUT2D eigenvalue weighted by atomic mass is 16.5. The summed E-state index contributed by atoms with van der Waals surface area (Å²) < 4.78 is 7.00. The van der Waals surface area contributed by atoms with Gasteiger partial charge in [0.05, 0.1) is 19.0 Å². The minimum absolute atomic E-state index is 0.492. The predicted molar refractivity (Wildman–Crippen MR) is 64.1 cm³/mol. The lowest BCUT2D eigenvalue weighted by atomic mass is 10.4. The van der Waals surface area contributed by atoms with E-state index in [-0.39, 0.29) is 0 Å². The number of anilines is 1. The molecule has 0 aliphatic heterocycles. The Morgan fingerprint density at radius 1 is 1.41 bits per heavy atom. The molecule has 2 aromatic rings. The molecule has 0 unspecified atom stereocenters. The Kier molecular flexibility index (Phi) is 3.22. The van der Waals surface area contributed by atoms with E-state index in [1.54, 1.807) is 17.1 Å². The number of ether oxygens (including phenoxy) is 1. The molecule has 2 aromatic heterocycles. The average molecular weight is 233 g/mol. The molecule has 2 N–H and O–H groups in total. The van der Waals surface area contributed by atoms with Gasteiger partial charge in [-0.05, 0) is 13.3 Å². The van der Waals surface area contributed by atoms with E-state index in [4.69, 9.17) is 10.5 Å². The van der Waals surface area contributed by atoms with E-state index in [9.17, 15) is 0 Å². The second-order valence-electron chi connectivity index (χ2n) is 3.71. The van der Waals surface area contributed by atoms with Gasteiger partial charge in [-0.15, -0.1) is 5.10 Å². The van der Waals surface area contributed by atoms with Crippen molar-refractivity contribution < 1.29 is 4.74 Å². The Bertz CT molecular complexity index is 489. The van der Waals surface area contributed by atoms with Crippen molar-refractivity contribution in [2.24, 2.45) is 0 Å². The number of nitrogens with two attached hydrogens (primary N) is 1. The van der Waals surface area contributed by atoms with Crippen molar-refractivity contribution in [1.29, 1.82) is 0 Å². The topological polar surface area (TPSA) is 78.9 Å². The maximum Gasteiger partial charge on any atom is 0.234 e. The number of nitrogens with zero attached hydrogens (tertiary/aromatic N) is 4. The predicted octanol–water partition coefficient (Wildman–Crippen LogP) is 1.34. The molecule has 6 nitrogen and oxygen atoms in total. The van der Waals surface area contributed by atoms with Crippen molar-refractivity contribution >= 4 is 5.82 Å². The van der Waals surface area contributed by atoms with Gasteiger partial charge >= 0.3 is 0 Å². The molecule has 6 heteroatoms. The molecule has 0 saturated heterocycles. The third-order valence-corrected chi connectivity index (χ3v) is 2.22. The van der Waals surface area contributed by atoms with Crippen LogP contribution >= 0.6 is 0 Å². The number of nitrogen functional groups attached to an aromatic ring is 1. The summed E-state index contributed by atoms with van der Waals surface area (Å²) in [5.41, 5.74) is 6.59. The summed E-state index contributed by atoms with van der Waals surface area (Å²) >= 11 is 0. The first-order valence-electron chi connectivity index (χ1n) is 5.47. The van der Waals surface area contributed by atoms with Gasteiger partial charge < -0.3 is 10.5 Å². The molecule has 0 spiro atoms. The van der Waals surface area contributed by atoms with Crippen molar-refractivity contribution in [3.05, 3.63) is 24.2 Å². The van der Waals surface area contributed by atoms with Crippen LogP contribution in [0.2, 0.25) is 0 Å². The zero-order chi connectivity index (χ0) is 12.3. The number of aryl methyl sites for hydroxylation is 1. The van der Waals surface area contributed by atoms with Crippen LogP contribution in [0.4, 0.5) is 5.82 Å². The van der Waals surface area contributed by atoms with Gasteiger partial charge in [0, 0.05) is 11.8 Å². The van der Waals surface area contributed by atoms with Crippen molar-refractivity contribution in [1.82, 2.24) is 19.7 Å². The van der Waals surface area contributed by atoms with Gasteiger partial charge in [-0.25, -0.2) is 4.68 Å². The van der Waals surface area contributed by atoms with Crippen LogP contribution in [-0.2, 0) is 0 Å². The molecule has 0 bridgehead atoms. The summed E-state index contributed by atoms with van der Waals surface area (Å²) in [6, 6.07) is 0. The molecule has 2 rings (SSSR count). The first-order chi connectivity index (χ1) is 8.20. The van der Waals surface area contributed by atoms with E-state index in [0.717, 1.165) is 12.0 Å². The first-order valence-corrected chi connectivity index (χ1v) is 5.47. The minimum Gasteiger partial charge on any atom is -0.477 e. The highest BCUT2D eigenvalue weighted by molar-refractivity contribution is 5.38. The Morgan fingerprint density at radius 3 is 2.88 bits per heavy atom. The van der Waals surface area contributed by atoms with E-state index in [1.165, 1.54) is 0 Å². The van der Waals surface area contributed by atoms with Crippen LogP contribution in [0, 0.1) is 6.92 Å². The third-order valence-electron chi connectivity index (χ3n) is 2.22. The van der Waals surface area contributed by atoms with E-state index in [1.807, 2.05) is 20.0 Å². The SMILES string of the molecule is CCCOc1cncc(-n2cc(C)c(N)n2)n1. The highest BCUT2D eigenvalue weighted by Gasteiger charge is 2.06. The van der Waals surface area contributed by atoms with Gasteiger partial charge in [0.15, 0.2) is 5.82 Å². The van der Waals surface area contributed by atoms with Crippen molar-refractivity contribution in [2.75, 3.05) is 12.3 Å². The lowest BCUT2D eigenvalue weighted by molar-refractivity contribution is 0.303. The first kappa shape index (κ1) is 11.4. The van der Waals surface area contributed by atoms with Gasteiger partial charge in [-0.2, -0.15) is 4.98 Å². The van der Waals surface area contributed by atoms with Crippen LogP contribution in [0.1, 0.15) is 18.9 Å². The van der Waals surface area contributed by atoms with Crippen LogP contribution in [0.5, 0.6) is 5.88 Å². The van der Waals surface area contributed by atoms with Gasteiger partial charge in [0.2, 0.25) is 5.88 Å². The number of hydrogen-bond acceptors (Lipinski definition) is 5. The van der Waals surface area contributed by atoms with Gasteiger partial charge in [-0.1, -0.05) is 6.92 Å². The van der Waals surface area contributed by atoms with Crippen LogP contribution in [0.25, 0.3) is 5.82 Å². The molecule has 17 heavy (non-hydrogen) atoms. The molecule has 0 atom stereocenters. The summed E-state index contributed by atoms with van der Waals surface area (Å²) in [4.78, 5) is 8.36. The molecule has 2 heterocycles. The van der Waals surface area contributed by atoms with Crippen molar-refractivity contribution in [3.63, 3.8) is 0 Å². The largest absolute Gasteiger partial charge is 0.477 e. The molecular weight excluding hydrogens is 218 g/mol. The second-order valence-corrected chi connectivity index (χ2v) is 3.71. The molecule has 0 saturated carbocycles. The summed E-state index contributed by atoms with van der Waals surface area (Å²) in [5, 5.41) is 4.14. The monoisotopic (exact) mass is 233 g/mol. The van der Waals surface area contributed by atoms with E-state index in [2.05, 4.69) is 15.1 Å². The Hall–Kier alpha value is -2.11. The lowest BCUT2D eigenvalue weighted by Gasteiger charge is -2.04. The van der Waals surface area contributed by atoms with Gasteiger partial charge in [-0.3, -0.25) is 4.98 Å². The molecule has 0 aliphatic rings. The zero-order valence-corrected chi connectivity index (χ0v) is 9.92.